The number of fused-ring (bicyclic) bond motifs is 1. The van der Waals surface area contributed by atoms with E-state index in [9.17, 15) is 4.79 Å². The number of carbonyl (C=O) groups excluding carboxylic acids is 1. The van der Waals surface area contributed by atoms with Crippen molar-refractivity contribution < 1.29 is 9.53 Å². The highest BCUT2D eigenvalue weighted by Crippen LogP contribution is 2.35. The SMILES string of the molecule is Cc1cc(C)c(C2Nc3ccccc3C(=O)N2CCCN2CCOCC2)cc1C. The Labute approximate surface area is 173 Å². The van der Waals surface area contributed by atoms with E-state index in [4.69, 9.17) is 4.74 Å². The first-order chi connectivity index (χ1) is 14.0. The molecule has 4 rings (SSSR count). The molecule has 1 amide bonds. The number of nitrogens with zero attached hydrogens (tertiary/aromatic N) is 2. The van der Waals surface area contributed by atoms with E-state index in [1.54, 1.807) is 0 Å². The quantitative estimate of drug-likeness (QED) is 0.837. The molecule has 154 valence electrons. The zero-order chi connectivity index (χ0) is 20.4. The lowest BCUT2D eigenvalue weighted by Crippen LogP contribution is -2.45. The molecule has 1 unspecified atom stereocenters. The number of ether oxygens (including phenoxy) is 1. The van der Waals surface area contributed by atoms with Gasteiger partial charge in [0, 0.05) is 31.9 Å². The Morgan fingerprint density at radius 1 is 1.00 bits per heavy atom. The first kappa shape index (κ1) is 19.9. The lowest BCUT2D eigenvalue weighted by atomic mass is 9.96. The fourth-order valence-corrected chi connectivity index (χ4v) is 4.34. The number of amides is 1. The average molecular weight is 394 g/mol. The van der Waals surface area contributed by atoms with E-state index in [1.165, 1.54) is 22.3 Å². The average Bonchev–Trinajstić information content (AvgIpc) is 2.73. The smallest absolute Gasteiger partial charge is 0.257 e. The molecule has 0 aliphatic carbocycles. The van der Waals surface area contributed by atoms with Crippen molar-refractivity contribution in [1.29, 1.82) is 0 Å². The molecule has 1 atom stereocenters. The molecule has 1 fully saturated rings. The van der Waals surface area contributed by atoms with Crippen LogP contribution >= 0.6 is 0 Å². The standard InChI is InChI=1S/C24H31N3O2/c1-17-15-19(3)21(16-18(17)2)23-25-22-8-5-4-7-20(22)24(28)27(23)10-6-9-26-11-13-29-14-12-26/h4-5,7-8,15-16,23,25H,6,9-14H2,1-3H3. The van der Waals surface area contributed by atoms with Crippen LogP contribution < -0.4 is 5.32 Å². The van der Waals surface area contributed by atoms with E-state index in [0.717, 1.165) is 57.1 Å². The van der Waals surface area contributed by atoms with Gasteiger partial charge in [-0.25, -0.2) is 0 Å². The van der Waals surface area contributed by atoms with Crippen LogP contribution in [-0.4, -0.2) is 55.1 Å². The molecule has 0 bridgehead atoms. The van der Waals surface area contributed by atoms with Crippen molar-refractivity contribution in [3.05, 3.63) is 64.2 Å². The number of hydrogen-bond donors (Lipinski definition) is 1. The molecule has 2 aliphatic heterocycles. The molecular weight excluding hydrogens is 362 g/mol. The summed E-state index contributed by atoms with van der Waals surface area (Å²) in [6.07, 6.45) is 0.817. The van der Waals surface area contributed by atoms with Crippen molar-refractivity contribution in [3.63, 3.8) is 0 Å². The Morgan fingerprint density at radius 3 is 2.52 bits per heavy atom. The lowest BCUT2D eigenvalue weighted by Gasteiger charge is -2.39. The predicted molar refractivity (Wildman–Crippen MR) is 116 cm³/mol. The monoisotopic (exact) mass is 393 g/mol. The van der Waals surface area contributed by atoms with Gasteiger partial charge in [0.1, 0.15) is 6.17 Å². The Hall–Kier alpha value is -2.37. The maximum atomic E-state index is 13.4. The van der Waals surface area contributed by atoms with Gasteiger partial charge in [0.25, 0.3) is 5.91 Å². The largest absolute Gasteiger partial charge is 0.379 e. The summed E-state index contributed by atoms with van der Waals surface area (Å²) >= 11 is 0. The summed E-state index contributed by atoms with van der Waals surface area (Å²) in [5.41, 5.74) is 6.62. The van der Waals surface area contributed by atoms with E-state index in [2.05, 4.69) is 43.1 Å². The molecule has 1 saturated heterocycles. The van der Waals surface area contributed by atoms with Crippen molar-refractivity contribution in [2.75, 3.05) is 44.7 Å². The molecule has 2 aromatic rings. The minimum Gasteiger partial charge on any atom is -0.379 e. The second kappa shape index (κ2) is 8.56. The normalized spacial score (nSPS) is 19.8. The van der Waals surface area contributed by atoms with Gasteiger partial charge in [0.2, 0.25) is 0 Å². The van der Waals surface area contributed by atoms with Crippen LogP contribution in [0.4, 0.5) is 5.69 Å². The molecule has 0 saturated carbocycles. The maximum Gasteiger partial charge on any atom is 0.257 e. The zero-order valence-electron chi connectivity index (χ0n) is 17.7. The zero-order valence-corrected chi connectivity index (χ0v) is 17.7. The van der Waals surface area contributed by atoms with Crippen molar-refractivity contribution in [3.8, 4) is 0 Å². The number of nitrogens with one attached hydrogen (secondary N) is 1. The molecule has 0 spiro atoms. The molecule has 2 aromatic carbocycles. The molecule has 29 heavy (non-hydrogen) atoms. The van der Waals surface area contributed by atoms with Crippen LogP contribution in [0.2, 0.25) is 0 Å². The van der Waals surface area contributed by atoms with E-state index in [-0.39, 0.29) is 12.1 Å². The first-order valence-corrected chi connectivity index (χ1v) is 10.6. The molecule has 5 heteroatoms. The Kier molecular flexibility index (Phi) is 5.88. The minimum atomic E-state index is -0.138. The fourth-order valence-electron chi connectivity index (χ4n) is 4.34. The van der Waals surface area contributed by atoms with E-state index >= 15 is 0 Å². The van der Waals surface area contributed by atoms with E-state index in [0.29, 0.717) is 0 Å². The molecule has 5 nitrogen and oxygen atoms in total. The van der Waals surface area contributed by atoms with Crippen molar-refractivity contribution in [2.24, 2.45) is 0 Å². The molecule has 2 aliphatic rings. The van der Waals surface area contributed by atoms with Gasteiger partial charge in [-0.15, -0.1) is 0 Å². The molecule has 0 aromatic heterocycles. The van der Waals surface area contributed by atoms with Gasteiger partial charge in [-0.2, -0.15) is 0 Å². The molecule has 0 radical (unpaired) electrons. The van der Waals surface area contributed by atoms with Crippen LogP contribution in [0.3, 0.4) is 0 Å². The third-order valence-electron chi connectivity index (χ3n) is 6.18. The van der Waals surface area contributed by atoms with E-state index in [1.807, 2.05) is 29.2 Å². The van der Waals surface area contributed by atoms with Gasteiger partial charge in [0.05, 0.1) is 18.8 Å². The summed E-state index contributed by atoms with van der Waals surface area (Å²) in [5.74, 6) is 0.115. The van der Waals surface area contributed by atoms with Crippen LogP contribution in [-0.2, 0) is 4.74 Å². The number of aryl methyl sites for hydroxylation is 3. The van der Waals surface area contributed by atoms with Crippen LogP contribution in [0.15, 0.2) is 36.4 Å². The lowest BCUT2D eigenvalue weighted by molar-refractivity contribution is 0.0348. The summed E-state index contributed by atoms with van der Waals surface area (Å²) in [6, 6.07) is 12.3. The summed E-state index contributed by atoms with van der Waals surface area (Å²) in [6.45, 7) is 11.7. The number of para-hydroxylation sites is 1. The third-order valence-corrected chi connectivity index (χ3v) is 6.18. The van der Waals surface area contributed by atoms with Crippen molar-refractivity contribution >= 4 is 11.6 Å². The second-order valence-electron chi connectivity index (χ2n) is 8.19. The van der Waals surface area contributed by atoms with Gasteiger partial charge in [-0.1, -0.05) is 24.3 Å². The predicted octanol–water partition coefficient (Wildman–Crippen LogP) is 3.90. The highest BCUT2D eigenvalue weighted by molar-refractivity contribution is 6.01. The van der Waals surface area contributed by atoms with Crippen molar-refractivity contribution in [1.82, 2.24) is 9.80 Å². The topological polar surface area (TPSA) is 44.8 Å². The number of anilines is 1. The summed E-state index contributed by atoms with van der Waals surface area (Å²) in [4.78, 5) is 17.8. The van der Waals surface area contributed by atoms with Crippen LogP contribution in [0, 0.1) is 20.8 Å². The van der Waals surface area contributed by atoms with Crippen molar-refractivity contribution in [2.45, 2.75) is 33.4 Å². The number of carbonyl (C=O) groups is 1. The molecule has 2 heterocycles. The summed E-state index contributed by atoms with van der Waals surface area (Å²) < 4.78 is 5.44. The number of rotatable bonds is 5. The first-order valence-electron chi connectivity index (χ1n) is 10.6. The van der Waals surface area contributed by atoms with Gasteiger partial charge in [0.15, 0.2) is 0 Å². The highest BCUT2D eigenvalue weighted by Gasteiger charge is 2.33. The minimum absolute atomic E-state index is 0.115. The van der Waals surface area contributed by atoms with Gasteiger partial charge in [-0.05, 0) is 61.6 Å². The van der Waals surface area contributed by atoms with Gasteiger partial charge < -0.3 is 15.0 Å². The van der Waals surface area contributed by atoms with Crippen LogP contribution in [0.5, 0.6) is 0 Å². The Bertz CT molecular complexity index is 890. The molecule has 1 N–H and O–H groups in total. The van der Waals surface area contributed by atoms with Crippen LogP contribution in [0.1, 0.15) is 45.2 Å². The van der Waals surface area contributed by atoms with Gasteiger partial charge >= 0.3 is 0 Å². The third kappa shape index (κ3) is 4.16. The maximum absolute atomic E-state index is 13.4. The number of hydrogen-bond acceptors (Lipinski definition) is 4. The summed E-state index contributed by atoms with van der Waals surface area (Å²) in [5, 5.41) is 3.64. The number of morpholine rings is 1. The number of benzene rings is 2. The molecular formula is C24H31N3O2. The highest BCUT2D eigenvalue weighted by atomic mass is 16.5. The summed E-state index contributed by atoms with van der Waals surface area (Å²) in [7, 11) is 0. The Morgan fingerprint density at radius 2 is 1.72 bits per heavy atom. The van der Waals surface area contributed by atoms with Crippen LogP contribution in [0.25, 0.3) is 0 Å². The van der Waals surface area contributed by atoms with E-state index < -0.39 is 0 Å². The Balaban J connectivity index is 1.60. The van der Waals surface area contributed by atoms with Gasteiger partial charge in [-0.3, -0.25) is 9.69 Å². The fraction of sp³-hybridized carbons (Fsp3) is 0.458. The second-order valence-corrected chi connectivity index (χ2v) is 8.19.